The molecule has 2 heteroatoms. The first kappa shape index (κ1) is 32.5. The van der Waals surface area contributed by atoms with E-state index in [-0.39, 0.29) is 0 Å². The molecule has 0 unspecified atom stereocenters. The number of rotatable bonds is 6. The van der Waals surface area contributed by atoms with Gasteiger partial charge in [0.25, 0.3) is 0 Å². The van der Waals surface area contributed by atoms with Crippen LogP contribution in [0, 0.1) is 27.7 Å². The van der Waals surface area contributed by atoms with E-state index in [4.69, 9.17) is 0 Å². The van der Waals surface area contributed by atoms with E-state index in [1.165, 1.54) is 86.9 Å². The van der Waals surface area contributed by atoms with E-state index in [2.05, 4.69) is 207 Å². The molecule has 0 aliphatic carbocycles. The highest BCUT2D eigenvalue weighted by atomic mass is 15.2. The van der Waals surface area contributed by atoms with Crippen molar-refractivity contribution >= 4 is 98.8 Å². The third-order valence-corrected chi connectivity index (χ3v) is 12.3. The van der Waals surface area contributed by atoms with Gasteiger partial charge in [-0.3, -0.25) is 0 Å². The molecule has 0 radical (unpaired) electrons. The Morgan fingerprint density at radius 2 is 0.607 bits per heavy atom. The predicted molar refractivity (Wildman–Crippen MR) is 242 cm³/mol. The van der Waals surface area contributed by atoms with E-state index in [1.807, 2.05) is 0 Å². The van der Waals surface area contributed by atoms with Crippen LogP contribution in [-0.2, 0) is 0 Å². The number of hydrogen-bond acceptors (Lipinski definition) is 2. The minimum atomic E-state index is 1.10. The minimum Gasteiger partial charge on any atom is -0.310 e. The molecular formula is C54H40N2. The van der Waals surface area contributed by atoms with Crippen molar-refractivity contribution in [3.63, 3.8) is 0 Å². The van der Waals surface area contributed by atoms with Crippen LogP contribution in [0.2, 0.25) is 0 Å². The lowest BCUT2D eigenvalue weighted by Crippen LogP contribution is -2.14. The van der Waals surface area contributed by atoms with Crippen LogP contribution >= 0.6 is 0 Å². The van der Waals surface area contributed by atoms with Crippen LogP contribution in [-0.4, -0.2) is 0 Å². The molecule has 0 aromatic heterocycles. The summed E-state index contributed by atoms with van der Waals surface area (Å²) >= 11 is 0. The zero-order chi connectivity index (χ0) is 37.7. The van der Waals surface area contributed by atoms with Gasteiger partial charge in [0.1, 0.15) is 0 Å². The summed E-state index contributed by atoms with van der Waals surface area (Å²) in [6.07, 6.45) is 0. The van der Waals surface area contributed by atoms with Gasteiger partial charge >= 0.3 is 0 Å². The molecule has 0 atom stereocenters. The molecule has 0 aliphatic heterocycles. The van der Waals surface area contributed by atoms with Crippen molar-refractivity contribution in [1.82, 2.24) is 0 Å². The largest absolute Gasteiger partial charge is 0.310 e. The second-order valence-corrected chi connectivity index (χ2v) is 15.6. The first-order chi connectivity index (χ1) is 27.4. The lowest BCUT2D eigenvalue weighted by Gasteiger charge is -2.31. The van der Waals surface area contributed by atoms with E-state index in [0.29, 0.717) is 0 Å². The molecule has 0 bridgehead atoms. The van der Waals surface area contributed by atoms with E-state index in [9.17, 15) is 0 Å². The molecule has 0 saturated carbocycles. The van der Waals surface area contributed by atoms with Gasteiger partial charge in [0.05, 0.1) is 11.4 Å². The molecule has 0 saturated heterocycles. The van der Waals surface area contributed by atoms with Crippen molar-refractivity contribution in [1.29, 1.82) is 0 Å². The number of aryl methyl sites for hydroxylation is 4. The first-order valence-electron chi connectivity index (χ1n) is 19.6. The van der Waals surface area contributed by atoms with E-state index < -0.39 is 0 Å². The van der Waals surface area contributed by atoms with Crippen LogP contribution in [0.1, 0.15) is 22.3 Å². The van der Waals surface area contributed by atoms with Crippen LogP contribution < -0.4 is 9.80 Å². The van der Waals surface area contributed by atoms with Crippen LogP contribution in [0.3, 0.4) is 0 Å². The monoisotopic (exact) mass is 716 g/mol. The lowest BCUT2D eigenvalue weighted by molar-refractivity contribution is 1.23. The summed E-state index contributed by atoms with van der Waals surface area (Å²) < 4.78 is 0. The molecule has 11 aromatic carbocycles. The Kier molecular flexibility index (Phi) is 7.15. The van der Waals surface area contributed by atoms with Crippen molar-refractivity contribution in [2.45, 2.75) is 27.7 Å². The van der Waals surface area contributed by atoms with Gasteiger partial charge in [0.2, 0.25) is 0 Å². The Hall–Kier alpha value is -6.90. The Balaban J connectivity index is 1.17. The fourth-order valence-corrected chi connectivity index (χ4v) is 9.18. The highest BCUT2D eigenvalue weighted by Gasteiger charge is 2.23. The van der Waals surface area contributed by atoms with Crippen molar-refractivity contribution in [3.8, 4) is 0 Å². The second kappa shape index (κ2) is 12.3. The smallest absolute Gasteiger partial charge is 0.0540 e. The Morgan fingerprint density at radius 3 is 1.02 bits per heavy atom. The quantitative estimate of drug-likeness (QED) is 0.158. The molecule has 11 aromatic rings. The molecule has 0 N–H and O–H groups in total. The Labute approximate surface area is 327 Å². The zero-order valence-corrected chi connectivity index (χ0v) is 32.1. The number of hydrogen-bond donors (Lipinski definition) is 0. The van der Waals surface area contributed by atoms with Crippen LogP contribution in [0.5, 0.6) is 0 Å². The average Bonchev–Trinajstić information content (AvgIpc) is 3.23. The number of nitrogens with zero attached hydrogens (tertiary/aromatic N) is 2. The van der Waals surface area contributed by atoms with Crippen LogP contribution in [0.15, 0.2) is 170 Å². The fourth-order valence-electron chi connectivity index (χ4n) is 9.18. The summed E-state index contributed by atoms with van der Waals surface area (Å²) in [5.74, 6) is 0. The van der Waals surface area contributed by atoms with Gasteiger partial charge in [-0.1, -0.05) is 115 Å². The van der Waals surface area contributed by atoms with Crippen LogP contribution in [0.25, 0.3) is 64.6 Å². The van der Waals surface area contributed by atoms with Crippen LogP contribution in [0.4, 0.5) is 34.1 Å². The van der Waals surface area contributed by atoms with Gasteiger partial charge in [0.15, 0.2) is 0 Å². The summed E-state index contributed by atoms with van der Waals surface area (Å²) in [5, 5.41) is 15.4. The molecule has 0 fully saturated rings. The SMILES string of the molecule is Cc1ccc(N(c2cccc(N(c3ccc(C)c(C)c3)c3ccc4ccc5cccc6ccc3c4c56)c2)c2ccc3ccc4cccc5ccc2c3c45)cc1C. The van der Waals surface area contributed by atoms with Gasteiger partial charge in [-0.05, 0) is 158 Å². The van der Waals surface area contributed by atoms with Gasteiger partial charge in [-0.25, -0.2) is 0 Å². The molecule has 0 heterocycles. The molecule has 0 amide bonds. The highest BCUT2D eigenvalue weighted by Crippen LogP contribution is 2.48. The summed E-state index contributed by atoms with van der Waals surface area (Å²) in [6.45, 7) is 8.82. The van der Waals surface area contributed by atoms with Crippen molar-refractivity contribution in [2.75, 3.05) is 9.80 Å². The summed E-state index contributed by atoms with van der Waals surface area (Å²) in [4.78, 5) is 4.93. The normalized spacial score (nSPS) is 11.9. The summed E-state index contributed by atoms with van der Waals surface area (Å²) in [6, 6.07) is 63.6. The van der Waals surface area contributed by atoms with E-state index in [1.54, 1.807) is 0 Å². The maximum absolute atomic E-state index is 2.46. The number of anilines is 6. The Morgan fingerprint density at radius 1 is 0.268 bits per heavy atom. The molecular weight excluding hydrogens is 677 g/mol. The minimum absolute atomic E-state index is 1.10. The van der Waals surface area contributed by atoms with E-state index in [0.717, 1.165) is 34.1 Å². The van der Waals surface area contributed by atoms with Crippen molar-refractivity contribution in [2.24, 2.45) is 0 Å². The average molecular weight is 717 g/mol. The zero-order valence-electron chi connectivity index (χ0n) is 32.1. The third-order valence-electron chi connectivity index (χ3n) is 12.3. The Bertz CT molecular complexity index is 3070. The molecule has 0 aliphatic rings. The van der Waals surface area contributed by atoms with Crippen molar-refractivity contribution < 1.29 is 0 Å². The fraction of sp³-hybridized carbons (Fsp3) is 0.0741. The topological polar surface area (TPSA) is 6.48 Å². The predicted octanol–water partition coefficient (Wildman–Crippen LogP) is 15.7. The van der Waals surface area contributed by atoms with Gasteiger partial charge in [-0.2, -0.15) is 0 Å². The second-order valence-electron chi connectivity index (χ2n) is 15.6. The molecule has 0 spiro atoms. The van der Waals surface area contributed by atoms with Gasteiger partial charge in [0, 0.05) is 33.5 Å². The molecule has 56 heavy (non-hydrogen) atoms. The van der Waals surface area contributed by atoms with E-state index >= 15 is 0 Å². The summed E-state index contributed by atoms with van der Waals surface area (Å²) in [7, 11) is 0. The maximum Gasteiger partial charge on any atom is 0.0540 e. The van der Waals surface area contributed by atoms with Gasteiger partial charge in [-0.15, -0.1) is 0 Å². The molecule has 2 nitrogen and oxygen atoms in total. The standard InChI is InChI=1S/C54H40N2/c1-33-14-24-45(30-35(33)3)55(49-28-22-41-18-16-37-8-5-10-39-20-26-47(49)53(41)51(37)39)43-12-7-13-44(32-43)56(46-25-15-34(2)36(4)31-46)50-29-23-42-19-17-38-9-6-11-40-21-27-48(50)54(42)52(38)40/h5-32H,1-4H3. The maximum atomic E-state index is 2.46. The molecule has 11 rings (SSSR count). The highest BCUT2D eigenvalue weighted by molar-refractivity contribution is 6.27. The third kappa shape index (κ3) is 4.89. The van der Waals surface area contributed by atoms with Crippen molar-refractivity contribution in [3.05, 3.63) is 192 Å². The number of benzene rings is 11. The lowest BCUT2D eigenvalue weighted by atomic mass is 9.92. The van der Waals surface area contributed by atoms with Gasteiger partial charge < -0.3 is 9.80 Å². The summed E-state index contributed by atoms with van der Waals surface area (Å²) in [5.41, 5.74) is 11.9. The first-order valence-corrected chi connectivity index (χ1v) is 19.6. The molecule has 266 valence electrons.